The van der Waals surface area contributed by atoms with Gasteiger partial charge in [0.25, 0.3) is 0 Å². The Balaban J connectivity index is 0. The van der Waals surface area contributed by atoms with E-state index < -0.39 is 0 Å². The molecule has 0 N–H and O–H groups in total. The molecule has 0 heterocycles. The maximum absolute atomic E-state index is 2.93. The molecule has 4 heteroatoms. The van der Waals surface area contributed by atoms with Crippen molar-refractivity contribution < 1.29 is 0 Å². The number of unbranched alkanes of at least 4 members (excludes halogenated alkanes) is 42. The molecule has 0 aliphatic rings. The Kier molecular flexibility index (Phi) is 71.0. The molecule has 472 valence electrons. The smallest absolute Gasteiger partial charge is 0.000965 e. The Labute approximate surface area is 497 Å². The van der Waals surface area contributed by atoms with Crippen LogP contribution >= 0.6 is 0 Å². The highest BCUT2D eigenvalue weighted by atomic mass is 15.1. The van der Waals surface area contributed by atoms with Gasteiger partial charge in [-0.1, -0.05) is 324 Å². The lowest BCUT2D eigenvalue weighted by atomic mass is 9.93. The fourth-order valence-corrected chi connectivity index (χ4v) is 12.4. The highest BCUT2D eigenvalue weighted by Gasteiger charge is 2.16. The van der Waals surface area contributed by atoms with Crippen LogP contribution in [0.15, 0.2) is 0 Å². The molecule has 0 rings (SSSR count). The van der Waals surface area contributed by atoms with Crippen molar-refractivity contribution in [2.45, 2.75) is 388 Å². The van der Waals surface area contributed by atoms with Crippen LogP contribution in [0.1, 0.15) is 388 Å². The molecule has 0 saturated carbocycles. The van der Waals surface area contributed by atoms with Gasteiger partial charge in [-0.3, -0.25) is 0 Å². The van der Waals surface area contributed by atoms with Gasteiger partial charge >= 0.3 is 0 Å². The Hall–Kier alpha value is -0.160. The fourth-order valence-electron chi connectivity index (χ4n) is 12.4. The summed E-state index contributed by atoms with van der Waals surface area (Å²) < 4.78 is 0. The van der Waals surface area contributed by atoms with Gasteiger partial charge in [-0.25, -0.2) is 0 Å². The second-order valence-corrected chi connectivity index (χ2v) is 26.7. The number of rotatable bonds is 66. The lowest BCUT2D eigenvalue weighted by Gasteiger charge is -2.28. The first-order valence-electron chi connectivity index (χ1n) is 37.0. The second kappa shape index (κ2) is 69.3. The number of hydrogen-bond donors (Lipinski definition) is 0. The van der Waals surface area contributed by atoms with Gasteiger partial charge in [-0.05, 0) is 144 Å². The minimum atomic E-state index is 0.942. The van der Waals surface area contributed by atoms with Crippen molar-refractivity contribution in [3.63, 3.8) is 0 Å². The summed E-state index contributed by atoms with van der Waals surface area (Å²) >= 11 is 0. The van der Waals surface area contributed by atoms with Crippen molar-refractivity contribution in [2.75, 3.05) is 80.5 Å². The van der Waals surface area contributed by atoms with Crippen molar-refractivity contribution in [1.29, 1.82) is 0 Å². The van der Waals surface area contributed by atoms with Crippen LogP contribution in [0.4, 0.5) is 0 Å². The first-order chi connectivity index (χ1) is 38.3. The third-order valence-electron chi connectivity index (χ3n) is 17.7. The molecule has 4 nitrogen and oxygen atoms in total. The zero-order chi connectivity index (χ0) is 57.3. The van der Waals surface area contributed by atoms with E-state index in [2.05, 4.69) is 89.3 Å². The number of nitrogens with zero attached hydrogens (tertiary/aromatic N) is 4. The van der Waals surface area contributed by atoms with Gasteiger partial charge in [0.1, 0.15) is 0 Å². The third-order valence-corrected chi connectivity index (χ3v) is 17.7. The van der Waals surface area contributed by atoms with Gasteiger partial charge in [-0.15, -0.1) is 0 Å². The lowest BCUT2D eigenvalue weighted by Crippen LogP contribution is -2.32. The van der Waals surface area contributed by atoms with Crippen LogP contribution in [-0.4, -0.2) is 100 Å². The molecule has 0 aromatic rings. The quantitative estimate of drug-likeness (QED) is 0.0563. The molecule has 2 atom stereocenters. The van der Waals surface area contributed by atoms with Crippen LogP contribution in [0.5, 0.6) is 0 Å². The average Bonchev–Trinajstić information content (AvgIpc) is 3.42. The number of hydrogen-bond acceptors (Lipinski definition) is 4. The van der Waals surface area contributed by atoms with E-state index in [4.69, 9.17) is 0 Å². The summed E-state index contributed by atoms with van der Waals surface area (Å²) in [6, 6.07) is 0. The normalized spacial score (nSPS) is 12.7. The first-order valence-corrected chi connectivity index (χ1v) is 37.0. The van der Waals surface area contributed by atoms with Crippen LogP contribution in [-0.2, 0) is 0 Å². The molecule has 78 heavy (non-hydrogen) atoms. The molecule has 0 saturated heterocycles. The van der Waals surface area contributed by atoms with E-state index in [-0.39, 0.29) is 0 Å². The zero-order valence-corrected chi connectivity index (χ0v) is 56.8. The maximum atomic E-state index is 2.93. The third kappa shape index (κ3) is 66.6. The monoisotopic (exact) mass is 1100 g/mol. The van der Waals surface area contributed by atoms with Gasteiger partial charge in [0.2, 0.25) is 0 Å². The van der Waals surface area contributed by atoms with Gasteiger partial charge in [-0.2, -0.15) is 0 Å². The molecule has 0 spiro atoms. The van der Waals surface area contributed by atoms with Crippen LogP contribution < -0.4 is 0 Å². The van der Waals surface area contributed by atoms with Gasteiger partial charge in [0.15, 0.2) is 0 Å². The van der Waals surface area contributed by atoms with E-state index >= 15 is 0 Å². The molecule has 0 fully saturated rings. The van der Waals surface area contributed by atoms with Gasteiger partial charge < -0.3 is 19.6 Å². The fraction of sp³-hybridized carbons (Fsp3) is 1.00. The van der Waals surface area contributed by atoms with Crippen LogP contribution in [0.2, 0.25) is 0 Å². The van der Waals surface area contributed by atoms with Crippen molar-refractivity contribution in [3.8, 4) is 0 Å². The predicted octanol–water partition coefficient (Wildman–Crippen LogP) is 24.1. The highest BCUT2D eigenvalue weighted by Crippen LogP contribution is 2.24. The molecule has 0 aromatic carbocycles. The zero-order valence-electron chi connectivity index (χ0n) is 56.8. The minimum absolute atomic E-state index is 0.942. The molecule has 0 aromatic heterocycles. The van der Waals surface area contributed by atoms with E-state index in [0.29, 0.717) is 0 Å². The van der Waals surface area contributed by atoms with Crippen LogP contribution in [0.25, 0.3) is 0 Å². The average molecular weight is 1100 g/mol. The molecular weight excluding hydrogens is 945 g/mol. The van der Waals surface area contributed by atoms with Crippen molar-refractivity contribution >= 4 is 0 Å². The Morgan fingerprint density at radius 1 is 0.179 bits per heavy atom. The molecule has 0 aliphatic heterocycles. The molecule has 0 amide bonds. The SMILES string of the molecule is CCCCCCCCC(CCCCCC)CN(CCCCCCCC)CCCCCCCCCN(C)C.CCCCCCCCCCCCN(CCCCCCCCCN(C)C)CC(CCCCCC)CCCCCCCC. The van der Waals surface area contributed by atoms with E-state index in [1.165, 1.54) is 399 Å². The summed E-state index contributed by atoms with van der Waals surface area (Å²) in [5.74, 6) is 1.89. The van der Waals surface area contributed by atoms with Crippen molar-refractivity contribution in [3.05, 3.63) is 0 Å². The van der Waals surface area contributed by atoms with E-state index in [9.17, 15) is 0 Å². The first kappa shape index (κ1) is 79.9. The van der Waals surface area contributed by atoms with E-state index in [1.54, 1.807) is 0 Å². The summed E-state index contributed by atoms with van der Waals surface area (Å²) in [6.07, 6.45) is 77.7. The molecular formula is C74H156N4. The summed E-state index contributed by atoms with van der Waals surface area (Å²) in [5.41, 5.74) is 0. The topological polar surface area (TPSA) is 13.0 Å². The van der Waals surface area contributed by atoms with Crippen LogP contribution in [0.3, 0.4) is 0 Å². The summed E-state index contributed by atoms with van der Waals surface area (Å²) in [5, 5.41) is 0. The van der Waals surface area contributed by atoms with Crippen molar-refractivity contribution in [1.82, 2.24) is 19.6 Å². The maximum Gasteiger partial charge on any atom is 0.000965 e. The Morgan fingerprint density at radius 2 is 0.333 bits per heavy atom. The summed E-state index contributed by atoms with van der Waals surface area (Å²) in [7, 11) is 8.79. The van der Waals surface area contributed by atoms with Gasteiger partial charge in [0, 0.05) is 13.1 Å². The highest BCUT2D eigenvalue weighted by molar-refractivity contribution is 4.71. The predicted molar refractivity (Wildman–Crippen MR) is 360 cm³/mol. The standard InChI is InChI=1S/C39H82N2.C35H74N2/c1-6-9-12-15-17-18-19-22-26-31-36-41(37-32-27-23-20-21-25-30-35-40(4)5)38-39(33-28-14-11-8-3)34-29-24-16-13-10-7-2;1-6-9-12-15-20-25-30-35(29-24-14-11-8-3)34-37(32-27-22-16-13-10-7-2)33-28-23-19-17-18-21-26-31-36(4)5/h39H,6-38H2,1-5H3;35H,6-34H2,1-5H3. The largest absolute Gasteiger partial charge is 0.309 e. The lowest BCUT2D eigenvalue weighted by molar-refractivity contribution is 0.204. The van der Waals surface area contributed by atoms with Crippen molar-refractivity contribution in [2.24, 2.45) is 11.8 Å². The second-order valence-electron chi connectivity index (χ2n) is 26.7. The molecule has 0 radical (unpaired) electrons. The van der Waals surface area contributed by atoms with Gasteiger partial charge in [0.05, 0.1) is 0 Å². The Morgan fingerprint density at radius 3 is 0.526 bits per heavy atom. The minimum Gasteiger partial charge on any atom is -0.309 e. The Bertz CT molecular complexity index is 1030. The molecule has 2 unspecified atom stereocenters. The van der Waals surface area contributed by atoms with E-state index in [1.807, 2.05) is 0 Å². The molecule has 0 aliphatic carbocycles. The summed E-state index contributed by atoms with van der Waals surface area (Å²) in [6.45, 7) is 24.8. The van der Waals surface area contributed by atoms with E-state index in [0.717, 1.165) is 11.8 Å². The molecule has 0 bridgehead atoms. The summed E-state index contributed by atoms with van der Waals surface area (Å²) in [4.78, 5) is 10.5. The van der Waals surface area contributed by atoms with Crippen LogP contribution in [0, 0.1) is 11.8 Å².